The Morgan fingerprint density at radius 3 is 2.83 bits per heavy atom. The number of nitro benzene ring substituents is 1. The molecular weight excluding hydrogens is 314 g/mol. The fourth-order valence-electron chi connectivity index (χ4n) is 2.91. The Morgan fingerprint density at radius 1 is 1.54 bits per heavy atom. The van der Waals surface area contributed by atoms with Crippen LogP contribution in [0.5, 0.6) is 5.75 Å². The molecule has 0 spiro atoms. The van der Waals surface area contributed by atoms with E-state index in [1.165, 1.54) is 25.3 Å². The van der Waals surface area contributed by atoms with Gasteiger partial charge in [0.05, 0.1) is 30.3 Å². The maximum atomic E-state index is 12.4. The van der Waals surface area contributed by atoms with Gasteiger partial charge < -0.3 is 19.7 Å². The van der Waals surface area contributed by atoms with E-state index in [1.807, 2.05) is 20.8 Å². The molecule has 1 atom stereocenters. The van der Waals surface area contributed by atoms with Gasteiger partial charge in [-0.2, -0.15) is 0 Å². The number of methoxy groups -OCH3 is 1. The van der Waals surface area contributed by atoms with Crippen molar-refractivity contribution in [3.8, 4) is 5.75 Å². The monoisotopic (exact) mass is 337 g/mol. The number of urea groups is 1. The van der Waals surface area contributed by atoms with E-state index < -0.39 is 10.5 Å². The second-order valence-electron chi connectivity index (χ2n) is 6.48. The van der Waals surface area contributed by atoms with Gasteiger partial charge in [0.2, 0.25) is 0 Å². The van der Waals surface area contributed by atoms with Crippen LogP contribution >= 0.6 is 0 Å². The summed E-state index contributed by atoms with van der Waals surface area (Å²) in [6, 6.07) is 4.08. The van der Waals surface area contributed by atoms with Gasteiger partial charge in [-0.25, -0.2) is 4.79 Å². The van der Waals surface area contributed by atoms with E-state index in [0.717, 1.165) is 0 Å². The number of amides is 2. The lowest BCUT2D eigenvalue weighted by Crippen LogP contribution is -2.56. The van der Waals surface area contributed by atoms with Gasteiger partial charge in [0.15, 0.2) is 0 Å². The van der Waals surface area contributed by atoms with E-state index in [0.29, 0.717) is 24.4 Å². The molecule has 0 bridgehead atoms. The highest BCUT2D eigenvalue weighted by Crippen LogP contribution is 2.24. The van der Waals surface area contributed by atoms with Gasteiger partial charge in [-0.05, 0) is 26.8 Å². The van der Waals surface area contributed by atoms with E-state index in [4.69, 9.17) is 9.47 Å². The van der Waals surface area contributed by atoms with Crippen molar-refractivity contribution in [3.05, 3.63) is 33.9 Å². The molecule has 1 aliphatic heterocycles. The molecule has 0 saturated carbocycles. The van der Waals surface area contributed by atoms with Gasteiger partial charge in [0.1, 0.15) is 5.75 Å². The first-order valence-corrected chi connectivity index (χ1v) is 7.74. The minimum atomic E-state index is -0.475. The predicted molar refractivity (Wildman–Crippen MR) is 88.1 cm³/mol. The summed E-state index contributed by atoms with van der Waals surface area (Å²) in [5, 5.41) is 13.7. The molecule has 24 heavy (non-hydrogen) atoms. The third-order valence-electron chi connectivity index (χ3n) is 3.76. The zero-order valence-electron chi connectivity index (χ0n) is 14.4. The van der Waals surface area contributed by atoms with Crippen molar-refractivity contribution in [1.82, 2.24) is 10.2 Å². The van der Waals surface area contributed by atoms with Crippen LogP contribution in [0.1, 0.15) is 26.3 Å². The lowest BCUT2D eigenvalue weighted by molar-refractivity contribution is -0.384. The van der Waals surface area contributed by atoms with Crippen molar-refractivity contribution in [2.75, 3.05) is 20.2 Å². The zero-order chi connectivity index (χ0) is 17.9. The first kappa shape index (κ1) is 18.0. The largest absolute Gasteiger partial charge is 0.496 e. The third-order valence-corrected chi connectivity index (χ3v) is 3.76. The fraction of sp³-hybridized carbons (Fsp3) is 0.562. The average molecular weight is 337 g/mol. The molecule has 1 saturated heterocycles. The number of carbonyl (C=O) groups excluding carboxylic acids is 1. The van der Waals surface area contributed by atoms with Crippen LogP contribution < -0.4 is 10.1 Å². The van der Waals surface area contributed by atoms with E-state index in [2.05, 4.69) is 5.32 Å². The van der Waals surface area contributed by atoms with Gasteiger partial charge in [-0.1, -0.05) is 0 Å². The number of non-ortho nitro benzene ring substituents is 1. The second kappa shape index (κ2) is 7.04. The molecule has 8 nitrogen and oxygen atoms in total. The molecule has 1 fully saturated rings. The van der Waals surface area contributed by atoms with Gasteiger partial charge in [-0.3, -0.25) is 10.1 Å². The molecule has 1 aromatic rings. The van der Waals surface area contributed by atoms with Crippen molar-refractivity contribution < 1.29 is 19.2 Å². The summed E-state index contributed by atoms with van der Waals surface area (Å²) >= 11 is 0. The molecule has 0 radical (unpaired) electrons. The number of nitrogens with zero attached hydrogens (tertiary/aromatic N) is 2. The maximum absolute atomic E-state index is 12.4. The van der Waals surface area contributed by atoms with E-state index in [-0.39, 0.29) is 24.4 Å². The fourth-order valence-corrected chi connectivity index (χ4v) is 2.91. The SMILES string of the molecule is COc1ccc([N+](=O)[O-])cc1CNC(=O)N1C[C@H](C)OC(C)(C)C1. The summed E-state index contributed by atoms with van der Waals surface area (Å²) in [6.45, 7) is 6.93. The Morgan fingerprint density at radius 2 is 2.25 bits per heavy atom. The first-order valence-electron chi connectivity index (χ1n) is 7.74. The number of benzene rings is 1. The lowest BCUT2D eigenvalue weighted by atomic mass is 10.1. The molecule has 1 aliphatic rings. The smallest absolute Gasteiger partial charge is 0.317 e. The Bertz CT molecular complexity index is 632. The number of rotatable bonds is 4. The van der Waals surface area contributed by atoms with Crippen molar-refractivity contribution in [2.24, 2.45) is 0 Å². The highest BCUT2D eigenvalue weighted by atomic mass is 16.6. The van der Waals surface area contributed by atoms with Crippen LogP contribution in [0, 0.1) is 10.1 Å². The quantitative estimate of drug-likeness (QED) is 0.672. The van der Waals surface area contributed by atoms with E-state index in [9.17, 15) is 14.9 Å². The molecule has 0 aromatic heterocycles. The van der Waals surface area contributed by atoms with Crippen LogP contribution in [0.25, 0.3) is 0 Å². The molecule has 1 aromatic carbocycles. The number of ether oxygens (including phenoxy) is 2. The van der Waals surface area contributed by atoms with Crippen LogP contribution in [-0.2, 0) is 11.3 Å². The van der Waals surface area contributed by atoms with Crippen LogP contribution in [0.2, 0.25) is 0 Å². The number of hydrogen-bond donors (Lipinski definition) is 1. The van der Waals surface area contributed by atoms with Crippen LogP contribution in [0.15, 0.2) is 18.2 Å². The maximum Gasteiger partial charge on any atom is 0.317 e. The minimum absolute atomic E-state index is 0.0406. The Balaban J connectivity index is 2.06. The van der Waals surface area contributed by atoms with Crippen molar-refractivity contribution in [3.63, 3.8) is 0 Å². The van der Waals surface area contributed by atoms with Gasteiger partial charge in [0, 0.05) is 30.8 Å². The van der Waals surface area contributed by atoms with Gasteiger partial charge >= 0.3 is 6.03 Å². The molecule has 1 heterocycles. The molecule has 0 unspecified atom stereocenters. The summed E-state index contributed by atoms with van der Waals surface area (Å²) in [5.74, 6) is 0.497. The number of nitrogens with one attached hydrogen (secondary N) is 1. The first-order chi connectivity index (χ1) is 11.2. The highest BCUT2D eigenvalue weighted by Gasteiger charge is 2.33. The summed E-state index contributed by atoms with van der Waals surface area (Å²) < 4.78 is 11.0. The van der Waals surface area contributed by atoms with Gasteiger partial charge in [-0.15, -0.1) is 0 Å². The molecule has 132 valence electrons. The topological polar surface area (TPSA) is 93.9 Å². The van der Waals surface area contributed by atoms with E-state index >= 15 is 0 Å². The van der Waals surface area contributed by atoms with Crippen LogP contribution in [0.4, 0.5) is 10.5 Å². The molecule has 1 N–H and O–H groups in total. The molecule has 2 amide bonds. The number of nitro groups is 1. The summed E-state index contributed by atoms with van der Waals surface area (Å²) in [6.07, 6.45) is -0.0492. The Hall–Kier alpha value is -2.35. The lowest BCUT2D eigenvalue weighted by Gasteiger charge is -2.41. The zero-order valence-corrected chi connectivity index (χ0v) is 14.4. The van der Waals surface area contributed by atoms with E-state index in [1.54, 1.807) is 4.90 Å². The standard InChI is InChI=1S/C16H23N3O5/c1-11-9-18(10-16(2,3)24-11)15(20)17-8-12-7-13(19(21)22)5-6-14(12)23-4/h5-7,11H,8-10H2,1-4H3,(H,17,20)/t11-/m0/s1. The minimum Gasteiger partial charge on any atom is -0.496 e. The average Bonchev–Trinajstić information content (AvgIpc) is 2.50. The third kappa shape index (κ3) is 4.35. The predicted octanol–water partition coefficient (Wildman–Crippen LogP) is 2.31. The van der Waals surface area contributed by atoms with Crippen LogP contribution in [-0.4, -0.2) is 47.8 Å². The second-order valence-corrected chi connectivity index (χ2v) is 6.48. The Labute approximate surface area is 140 Å². The number of hydrogen-bond acceptors (Lipinski definition) is 5. The highest BCUT2D eigenvalue weighted by molar-refractivity contribution is 5.74. The van der Waals surface area contributed by atoms with Crippen molar-refractivity contribution in [1.29, 1.82) is 0 Å². The molecule has 2 rings (SSSR count). The Kier molecular flexibility index (Phi) is 5.28. The van der Waals surface area contributed by atoms with Crippen molar-refractivity contribution >= 4 is 11.7 Å². The number of carbonyl (C=O) groups is 1. The normalized spacial score (nSPS) is 19.7. The molecule has 8 heteroatoms. The number of morpholine rings is 1. The molecule has 0 aliphatic carbocycles. The summed E-state index contributed by atoms with van der Waals surface area (Å²) in [5.41, 5.74) is 0.111. The summed E-state index contributed by atoms with van der Waals surface area (Å²) in [4.78, 5) is 24.5. The molecular formula is C16H23N3O5. The summed E-state index contributed by atoms with van der Waals surface area (Å²) in [7, 11) is 1.48. The van der Waals surface area contributed by atoms with Crippen molar-refractivity contribution in [2.45, 2.75) is 39.0 Å². The van der Waals surface area contributed by atoms with Crippen LogP contribution in [0.3, 0.4) is 0 Å². The van der Waals surface area contributed by atoms with Gasteiger partial charge in [0.25, 0.3) is 5.69 Å².